The van der Waals surface area contributed by atoms with E-state index in [-0.39, 0.29) is 36.4 Å². The van der Waals surface area contributed by atoms with Crippen LogP contribution in [-0.4, -0.2) is 80.9 Å². The molecule has 226 valence electrons. The van der Waals surface area contributed by atoms with Crippen molar-refractivity contribution in [1.82, 2.24) is 0 Å². The van der Waals surface area contributed by atoms with Crippen LogP contribution in [0, 0.1) is 58.2 Å². The zero-order chi connectivity index (χ0) is 29.4. The summed E-state index contributed by atoms with van der Waals surface area (Å²) in [4.78, 5) is 13.7. The number of rotatable bonds is 7. The summed E-state index contributed by atoms with van der Waals surface area (Å²) in [5.41, 5.74) is -1.50. The first kappa shape index (κ1) is 31.3. The Morgan fingerprint density at radius 3 is 2.13 bits per heavy atom. The minimum atomic E-state index is -4.93. The maximum Gasteiger partial charge on any atom is 0.397 e. The Bertz CT molecular complexity index is 1030. The molecule has 39 heavy (non-hydrogen) atoms. The number of carbonyl (C=O) groups excluding carboxylic acids is 1. The van der Waals surface area contributed by atoms with E-state index in [0.29, 0.717) is 31.1 Å². The molecule has 0 bridgehead atoms. The average molecular weight is 577 g/mol. The summed E-state index contributed by atoms with van der Waals surface area (Å²) in [6.45, 7) is 12.2. The Balaban J connectivity index is 1.67. The SMILES string of the molecule is CC(C)C(C)CC(O)C(C)[C@H]1CC(=O)[C@@H]2[C@@H]3[C@@H](O)[C@H](O)[C@H]4[C@H](O)[C@H](O)[C@@H](OS(=O)(=O)O)C[C@]4(C)[C@H]3CC[C@]12C. The van der Waals surface area contributed by atoms with Crippen LogP contribution in [0.25, 0.3) is 0 Å². The summed E-state index contributed by atoms with van der Waals surface area (Å²) in [6.07, 6.45) is -6.15. The van der Waals surface area contributed by atoms with Gasteiger partial charge in [0.25, 0.3) is 0 Å². The van der Waals surface area contributed by atoms with E-state index in [1.807, 2.05) is 6.92 Å². The Morgan fingerprint density at radius 1 is 0.974 bits per heavy atom. The van der Waals surface area contributed by atoms with E-state index in [1.54, 1.807) is 6.92 Å². The molecule has 0 saturated heterocycles. The van der Waals surface area contributed by atoms with Gasteiger partial charge in [-0.2, -0.15) is 8.42 Å². The highest BCUT2D eigenvalue weighted by Crippen LogP contribution is 2.67. The first-order valence-electron chi connectivity index (χ1n) is 14.4. The molecule has 0 aromatic heterocycles. The zero-order valence-electron chi connectivity index (χ0n) is 23.8. The third kappa shape index (κ3) is 5.13. The average Bonchev–Trinajstić information content (AvgIpc) is 3.09. The molecule has 3 unspecified atom stereocenters. The summed E-state index contributed by atoms with van der Waals surface area (Å²) in [6, 6.07) is 0. The molecule has 4 aliphatic carbocycles. The molecule has 0 aromatic carbocycles. The second-order valence-corrected chi connectivity index (χ2v) is 15.2. The molecule has 0 aromatic rings. The minimum absolute atomic E-state index is 0.0106. The standard InChI is InChI=1S/C28H48O10S/c1-12(2)13(3)9-17(29)14(4)16-10-18(30)21-20-15(7-8-27(16,21)5)28(6)11-19(38-39(35,36)37)23(31)25(33)22(28)26(34)24(20)32/h12-17,19-26,29,31-34H,7-11H2,1-6H3,(H,35,36,37)/t13?,14?,15-,16+,17?,19-,20+,21+,22+,23+,24+,25-,26+,27+,28+/m0/s1. The van der Waals surface area contributed by atoms with Crippen molar-refractivity contribution in [3.8, 4) is 0 Å². The van der Waals surface area contributed by atoms with Gasteiger partial charge in [-0.1, -0.05) is 41.5 Å². The van der Waals surface area contributed by atoms with Gasteiger partial charge >= 0.3 is 10.4 Å². The lowest BCUT2D eigenvalue weighted by Gasteiger charge is -2.64. The van der Waals surface area contributed by atoms with Crippen molar-refractivity contribution in [1.29, 1.82) is 0 Å². The Labute approximate surface area is 232 Å². The molecule has 10 nitrogen and oxygen atoms in total. The van der Waals surface area contributed by atoms with E-state index in [9.17, 15) is 43.3 Å². The predicted octanol–water partition coefficient (Wildman–Crippen LogP) is 1.57. The van der Waals surface area contributed by atoms with Gasteiger partial charge < -0.3 is 25.5 Å². The van der Waals surface area contributed by atoms with E-state index in [4.69, 9.17) is 4.18 Å². The number of hydrogen-bond acceptors (Lipinski definition) is 9. The first-order valence-corrected chi connectivity index (χ1v) is 15.8. The maximum absolute atomic E-state index is 13.7. The molecule has 11 heteroatoms. The Kier molecular flexibility index (Phi) is 8.47. The molecule has 0 radical (unpaired) electrons. The van der Waals surface area contributed by atoms with Crippen LogP contribution in [0.1, 0.15) is 73.6 Å². The molecule has 4 aliphatic rings. The molecule has 4 fully saturated rings. The van der Waals surface area contributed by atoms with Crippen molar-refractivity contribution in [3.05, 3.63) is 0 Å². The third-order valence-electron chi connectivity index (χ3n) is 11.9. The van der Waals surface area contributed by atoms with Crippen LogP contribution in [0.15, 0.2) is 0 Å². The lowest BCUT2D eigenvalue weighted by atomic mass is 9.42. The van der Waals surface area contributed by atoms with Gasteiger partial charge in [-0.25, -0.2) is 4.18 Å². The van der Waals surface area contributed by atoms with E-state index >= 15 is 0 Å². The number of ketones is 1. The van der Waals surface area contributed by atoms with Gasteiger partial charge in [0, 0.05) is 24.2 Å². The largest absolute Gasteiger partial charge is 0.397 e. The summed E-state index contributed by atoms with van der Waals surface area (Å²) in [5.74, 6) is -2.11. The zero-order valence-corrected chi connectivity index (χ0v) is 24.7. The van der Waals surface area contributed by atoms with Crippen LogP contribution < -0.4 is 0 Å². The van der Waals surface area contributed by atoms with Crippen molar-refractivity contribution >= 4 is 16.2 Å². The molecule has 0 amide bonds. The summed E-state index contributed by atoms with van der Waals surface area (Å²) >= 11 is 0. The minimum Gasteiger partial charge on any atom is -0.393 e. The normalized spacial score (nSPS) is 48.7. The third-order valence-corrected chi connectivity index (χ3v) is 12.4. The van der Waals surface area contributed by atoms with Gasteiger partial charge in [-0.15, -0.1) is 0 Å². The predicted molar refractivity (Wildman–Crippen MR) is 141 cm³/mol. The molecule has 4 rings (SSSR count). The Morgan fingerprint density at radius 2 is 1.56 bits per heavy atom. The monoisotopic (exact) mass is 576 g/mol. The van der Waals surface area contributed by atoms with E-state index in [2.05, 4.69) is 27.7 Å². The van der Waals surface area contributed by atoms with Crippen molar-refractivity contribution < 1.29 is 47.5 Å². The number of hydrogen-bond donors (Lipinski definition) is 6. The fourth-order valence-corrected chi connectivity index (χ4v) is 9.87. The van der Waals surface area contributed by atoms with Gasteiger partial charge in [-0.05, 0) is 66.1 Å². The van der Waals surface area contributed by atoms with Crippen molar-refractivity contribution in [3.63, 3.8) is 0 Å². The lowest BCUT2D eigenvalue weighted by Crippen LogP contribution is -2.70. The van der Waals surface area contributed by atoms with E-state index in [1.165, 1.54) is 0 Å². The van der Waals surface area contributed by atoms with Gasteiger partial charge in [0.05, 0.1) is 24.4 Å². The number of carbonyl (C=O) groups is 1. The highest BCUT2D eigenvalue weighted by atomic mass is 32.3. The second kappa shape index (κ2) is 10.6. The highest BCUT2D eigenvalue weighted by Gasteiger charge is 2.70. The summed E-state index contributed by atoms with van der Waals surface area (Å²) in [5, 5.41) is 55.5. The molecule has 0 aliphatic heterocycles. The van der Waals surface area contributed by atoms with Crippen molar-refractivity contribution in [2.24, 2.45) is 58.2 Å². The fourth-order valence-electron chi connectivity index (χ4n) is 9.38. The number of Topliss-reactive ketones (excluding diaryl/α,β-unsaturated/α-hetero) is 1. The van der Waals surface area contributed by atoms with Crippen LogP contribution in [0.3, 0.4) is 0 Å². The topological polar surface area (TPSA) is 182 Å². The molecule has 0 heterocycles. The second-order valence-electron chi connectivity index (χ2n) is 14.1. The molecule has 6 N–H and O–H groups in total. The maximum atomic E-state index is 13.7. The number of fused-ring (bicyclic) bond motifs is 5. The van der Waals surface area contributed by atoms with Crippen LogP contribution in [-0.2, 0) is 19.4 Å². The van der Waals surface area contributed by atoms with Gasteiger partial charge in [-0.3, -0.25) is 9.35 Å². The van der Waals surface area contributed by atoms with Crippen LogP contribution in [0.2, 0.25) is 0 Å². The van der Waals surface area contributed by atoms with Crippen molar-refractivity contribution in [2.75, 3.05) is 0 Å². The molecular weight excluding hydrogens is 528 g/mol. The quantitative estimate of drug-likeness (QED) is 0.243. The van der Waals surface area contributed by atoms with Gasteiger partial charge in [0.2, 0.25) is 0 Å². The van der Waals surface area contributed by atoms with Crippen LogP contribution in [0.5, 0.6) is 0 Å². The smallest absolute Gasteiger partial charge is 0.393 e. The Hall–Kier alpha value is -0.660. The van der Waals surface area contributed by atoms with Gasteiger partial charge in [0.1, 0.15) is 18.0 Å². The first-order chi connectivity index (χ1) is 17.8. The van der Waals surface area contributed by atoms with E-state index < -0.39 is 75.6 Å². The van der Waals surface area contributed by atoms with Crippen molar-refractivity contribution in [2.45, 2.75) is 110 Å². The summed E-state index contributed by atoms with van der Waals surface area (Å²) < 4.78 is 37.0. The van der Waals surface area contributed by atoms with Crippen LogP contribution in [0.4, 0.5) is 0 Å². The highest BCUT2D eigenvalue weighted by molar-refractivity contribution is 7.80. The molecule has 15 atom stereocenters. The summed E-state index contributed by atoms with van der Waals surface area (Å²) in [7, 11) is -4.93. The number of aliphatic hydroxyl groups excluding tert-OH is 5. The lowest BCUT2D eigenvalue weighted by molar-refractivity contribution is -0.264. The molecule has 0 spiro atoms. The number of aliphatic hydroxyl groups is 5. The van der Waals surface area contributed by atoms with E-state index in [0.717, 1.165) is 0 Å². The van der Waals surface area contributed by atoms with Crippen LogP contribution >= 0.6 is 0 Å². The molecule has 4 saturated carbocycles. The fraction of sp³-hybridized carbons (Fsp3) is 0.964. The molecular formula is C28H48O10S. The van der Waals surface area contributed by atoms with Gasteiger partial charge in [0.15, 0.2) is 0 Å².